The molecule has 13 heavy (non-hydrogen) atoms. The number of rotatable bonds is 2. The number of aliphatic carboxylic acids is 2. The summed E-state index contributed by atoms with van der Waals surface area (Å²) in [6.45, 7) is 3.44. The molecule has 2 N–H and O–H groups in total. The second-order valence-corrected chi connectivity index (χ2v) is 2.48. The van der Waals surface area contributed by atoms with Gasteiger partial charge >= 0.3 is 11.9 Å². The largest absolute Gasteiger partial charge is 0.480 e. The van der Waals surface area contributed by atoms with Gasteiger partial charge in [0, 0.05) is 6.20 Å². The Morgan fingerprint density at radius 3 is 2.46 bits per heavy atom. The van der Waals surface area contributed by atoms with Crippen molar-refractivity contribution < 1.29 is 19.8 Å². The Balaban J connectivity index is 3.10. The van der Waals surface area contributed by atoms with Gasteiger partial charge < -0.3 is 10.2 Å². The van der Waals surface area contributed by atoms with E-state index in [9.17, 15) is 9.59 Å². The monoisotopic (exact) mass is 181 g/mol. The van der Waals surface area contributed by atoms with Crippen molar-refractivity contribution in [1.29, 1.82) is 0 Å². The van der Waals surface area contributed by atoms with Gasteiger partial charge in [0.2, 0.25) is 0 Å². The fourth-order valence-electron chi connectivity index (χ4n) is 1.01. The van der Waals surface area contributed by atoms with Crippen LogP contribution in [0.3, 0.4) is 0 Å². The number of allylic oxidation sites excluding steroid dienone is 1. The molecule has 0 bridgehead atoms. The Bertz CT molecular complexity index is 340. The van der Waals surface area contributed by atoms with E-state index >= 15 is 0 Å². The highest BCUT2D eigenvalue weighted by molar-refractivity contribution is 6.41. The first-order chi connectivity index (χ1) is 6.04. The molecule has 0 aromatic carbocycles. The van der Waals surface area contributed by atoms with E-state index in [2.05, 4.69) is 11.6 Å². The summed E-state index contributed by atoms with van der Waals surface area (Å²) < 4.78 is 0. The Morgan fingerprint density at radius 2 is 2.08 bits per heavy atom. The lowest BCUT2D eigenvalue weighted by Gasteiger charge is -2.14. The fourth-order valence-corrected chi connectivity index (χ4v) is 1.01. The highest BCUT2D eigenvalue weighted by Crippen LogP contribution is 2.17. The number of carboxylic acids is 2. The number of nitrogens with zero attached hydrogens (tertiary/aromatic N) is 1. The number of carboxylic acid groups (broad SMARTS) is 2. The molecule has 5 nitrogen and oxygen atoms in total. The van der Waals surface area contributed by atoms with Crippen LogP contribution >= 0.6 is 0 Å². The van der Waals surface area contributed by atoms with Gasteiger partial charge in [0.25, 0.3) is 0 Å². The summed E-state index contributed by atoms with van der Waals surface area (Å²) in [5.41, 5.74) is -0.181. The summed E-state index contributed by atoms with van der Waals surface area (Å²) in [4.78, 5) is 24.7. The number of hydrogen-bond acceptors (Lipinski definition) is 3. The van der Waals surface area contributed by atoms with Crippen molar-refractivity contribution in [3.63, 3.8) is 0 Å². The average Bonchev–Trinajstić information content (AvgIpc) is 2.02. The average molecular weight is 181 g/mol. The molecule has 1 unspecified atom stereocenters. The van der Waals surface area contributed by atoms with E-state index in [-0.39, 0.29) is 5.57 Å². The molecule has 0 fully saturated rings. The Kier molecular flexibility index (Phi) is 2.27. The first-order valence-corrected chi connectivity index (χ1v) is 3.43. The molecule has 0 spiro atoms. The van der Waals surface area contributed by atoms with Crippen LogP contribution in [0, 0.1) is 5.92 Å². The molecule has 0 aliphatic carbocycles. The van der Waals surface area contributed by atoms with Crippen LogP contribution in [-0.4, -0.2) is 27.9 Å². The topological polar surface area (TPSA) is 87.0 Å². The Morgan fingerprint density at radius 1 is 1.46 bits per heavy atom. The molecule has 1 heterocycles. The van der Waals surface area contributed by atoms with Crippen molar-refractivity contribution in [2.24, 2.45) is 10.9 Å². The molecule has 0 saturated heterocycles. The van der Waals surface area contributed by atoms with Crippen molar-refractivity contribution in [2.75, 3.05) is 0 Å². The maximum absolute atomic E-state index is 10.6. The van der Waals surface area contributed by atoms with Gasteiger partial charge in [0.1, 0.15) is 11.6 Å². The van der Waals surface area contributed by atoms with Crippen molar-refractivity contribution in [1.82, 2.24) is 0 Å². The molecule has 0 aromatic heterocycles. The predicted octanol–water partition coefficient (Wildman–Crippen LogP) is 0.296. The van der Waals surface area contributed by atoms with Gasteiger partial charge in [-0.25, -0.2) is 4.79 Å². The van der Waals surface area contributed by atoms with E-state index in [0.29, 0.717) is 0 Å². The Hall–Kier alpha value is -1.91. The first kappa shape index (κ1) is 9.18. The highest BCUT2D eigenvalue weighted by atomic mass is 16.4. The molecular weight excluding hydrogens is 174 g/mol. The number of carbonyl (C=O) groups is 2. The van der Waals surface area contributed by atoms with E-state index in [4.69, 9.17) is 10.2 Å². The van der Waals surface area contributed by atoms with Crippen molar-refractivity contribution >= 4 is 17.7 Å². The third-order valence-corrected chi connectivity index (χ3v) is 1.61. The molecule has 1 aliphatic rings. The van der Waals surface area contributed by atoms with Gasteiger partial charge in [-0.05, 0) is 11.6 Å². The van der Waals surface area contributed by atoms with Gasteiger partial charge in [-0.2, -0.15) is 0 Å². The molecule has 1 aliphatic heterocycles. The van der Waals surface area contributed by atoms with Crippen LogP contribution in [0.15, 0.2) is 29.4 Å². The smallest absolute Gasteiger partial charge is 0.351 e. The zero-order chi connectivity index (χ0) is 10.0. The minimum Gasteiger partial charge on any atom is -0.480 e. The highest BCUT2D eigenvalue weighted by Gasteiger charge is 2.31. The molecule has 0 radical (unpaired) electrons. The quantitative estimate of drug-likeness (QED) is 0.641. The van der Waals surface area contributed by atoms with Crippen LogP contribution in [0.25, 0.3) is 0 Å². The van der Waals surface area contributed by atoms with Gasteiger partial charge in [-0.3, -0.25) is 9.79 Å². The normalized spacial score (nSPS) is 21.1. The Labute approximate surface area is 73.7 Å². The van der Waals surface area contributed by atoms with Gasteiger partial charge in [0.05, 0.1) is 0 Å². The third-order valence-electron chi connectivity index (χ3n) is 1.61. The molecule has 1 atom stereocenters. The van der Waals surface area contributed by atoms with E-state index < -0.39 is 23.6 Å². The standard InChI is InChI=1S/C8H7NO4/c1-4-2-3-9-6(8(12)13)5(4)7(10)11/h2-3,5H,1H2,(H,10,11)(H,12,13). The van der Waals surface area contributed by atoms with Gasteiger partial charge in [0.15, 0.2) is 0 Å². The summed E-state index contributed by atoms with van der Waals surface area (Å²) in [6.07, 6.45) is 2.61. The lowest BCUT2D eigenvalue weighted by Crippen LogP contribution is -2.32. The van der Waals surface area contributed by atoms with Gasteiger partial charge in [-0.1, -0.05) is 6.58 Å². The molecule has 68 valence electrons. The van der Waals surface area contributed by atoms with Crippen molar-refractivity contribution in [2.45, 2.75) is 0 Å². The van der Waals surface area contributed by atoms with Crippen molar-refractivity contribution in [3.8, 4) is 0 Å². The summed E-state index contributed by atoms with van der Waals surface area (Å²) in [7, 11) is 0. The number of hydrogen-bond donors (Lipinski definition) is 2. The lowest BCUT2D eigenvalue weighted by atomic mass is 9.93. The summed E-state index contributed by atoms with van der Waals surface area (Å²) in [5.74, 6) is -3.82. The molecular formula is C8H7NO4. The maximum Gasteiger partial charge on any atom is 0.351 e. The summed E-state index contributed by atoms with van der Waals surface area (Å²) in [5, 5.41) is 17.3. The van der Waals surface area contributed by atoms with E-state index in [0.717, 1.165) is 0 Å². The molecule has 0 saturated carbocycles. The summed E-state index contributed by atoms with van der Waals surface area (Å²) in [6, 6.07) is 0. The first-order valence-electron chi connectivity index (χ1n) is 3.43. The SMILES string of the molecule is C=C1C=CN=C(C(=O)O)C1C(=O)O. The van der Waals surface area contributed by atoms with Crippen LogP contribution < -0.4 is 0 Å². The van der Waals surface area contributed by atoms with Gasteiger partial charge in [-0.15, -0.1) is 0 Å². The second-order valence-electron chi connectivity index (χ2n) is 2.48. The molecule has 0 amide bonds. The minimum absolute atomic E-state index is 0.222. The molecule has 0 aromatic rings. The lowest BCUT2D eigenvalue weighted by molar-refractivity contribution is -0.139. The predicted molar refractivity (Wildman–Crippen MR) is 44.5 cm³/mol. The van der Waals surface area contributed by atoms with Crippen molar-refractivity contribution in [3.05, 3.63) is 24.4 Å². The number of aliphatic imine (C=N–C) groups is 1. The summed E-state index contributed by atoms with van der Waals surface area (Å²) >= 11 is 0. The molecule has 1 rings (SSSR count). The van der Waals surface area contributed by atoms with Crippen LogP contribution in [0.1, 0.15) is 0 Å². The minimum atomic E-state index is -1.34. The maximum atomic E-state index is 10.6. The van der Waals surface area contributed by atoms with E-state index in [1.807, 2.05) is 0 Å². The van der Waals surface area contributed by atoms with Crippen LogP contribution in [-0.2, 0) is 9.59 Å². The van der Waals surface area contributed by atoms with E-state index in [1.165, 1.54) is 12.3 Å². The van der Waals surface area contributed by atoms with Crippen LogP contribution in [0.2, 0.25) is 0 Å². The van der Waals surface area contributed by atoms with E-state index in [1.54, 1.807) is 0 Å². The zero-order valence-electron chi connectivity index (χ0n) is 6.60. The van der Waals surface area contributed by atoms with Crippen LogP contribution in [0.5, 0.6) is 0 Å². The second kappa shape index (κ2) is 3.22. The zero-order valence-corrected chi connectivity index (χ0v) is 6.60. The van der Waals surface area contributed by atoms with Crippen LogP contribution in [0.4, 0.5) is 0 Å². The fraction of sp³-hybridized carbons (Fsp3) is 0.125. The molecule has 5 heteroatoms. The third kappa shape index (κ3) is 1.64.